The molecule has 0 amide bonds. The van der Waals surface area contributed by atoms with Crippen molar-refractivity contribution in [1.82, 2.24) is 4.57 Å². The number of benzene rings is 13. The van der Waals surface area contributed by atoms with Crippen LogP contribution in [0.4, 0.5) is 17.1 Å². The Labute approximate surface area is 458 Å². The molecule has 3 nitrogen and oxygen atoms in total. The largest absolute Gasteiger partial charge is 0.455 e. The lowest BCUT2D eigenvalue weighted by Gasteiger charge is -2.26. The first-order valence-electron chi connectivity index (χ1n) is 27.1. The van der Waals surface area contributed by atoms with E-state index in [1.807, 2.05) is 12.1 Å². The molecule has 2 aromatic heterocycles. The van der Waals surface area contributed by atoms with Crippen molar-refractivity contribution in [2.75, 3.05) is 4.90 Å². The number of hydrogen-bond acceptors (Lipinski definition) is 2. The summed E-state index contributed by atoms with van der Waals surface area (Å²) < 4.78 is 8.90. The van der Waals surface area contributed by atoms with Crippen LogP contribution in [0.1, 0.15) is 0 Å². The fourth-order valence-corrected chi connectivity index (χ4v) is 12.1. The fraction of sp³-hybridized carbons (Fsp3) is 0. The highest BCUT2D eigenvalue weighted by molar-refractivity contribution is 6.11. The van der Waals surface area contributed by atoms with Gasteiger partial charge in [-0.2, -0.15) is 0 Å². The van der Waals surface area contributed by atoms with Crippen LogP contribution >= 0.6 is 0 Å². The van der Waals surface area contributed by atoms with Crippen molar-refractivity contribution in [3.05, 3.63) is 303 Å². The third-order valence-corrected chi connectivity index (χ3v) is 15.8. The van der Waals surface area contributed by atoms with Gasteiger partial charge in [0.2, 0.25) is 0 Å². The van der Waals surface area contributed by atoms with Gasteiger partial charge < -0.3 is 13.9 Å². The lowest BCUT2D eigenvalue weighted by Crippen LogP contribution is -2.09. The minimum Gasteiger partial charge on any atom is -0.455 e. The van der Waals surface area contributed by atoms with E-state index in [4.69, 9.17) is 4.42 Å². The molecule has 0 bridgehead atoms. The molecule has 0 aliphatic carbocycles. The number of nitrogens with zero attached hydrogens (tertiary/aromatic N) is 2. The number of furan rings is 1. The number of hydrogen-bond donors (Lipinski definition) is 0. The molecule has 0 aliphatic heterocycles. The number of fused-ring (bicyclic) bond motifs is 7. The first-order chi connectivity index (χ1) is 39.2. The first kappa shape index (κ1) is 45.9. The van der Waals surface area contributed by atoms with Crippen molar-refractivity contribution >= 4 is 71.6 Å². The molecule has 0 N–H and O–H groups in total. The standard InChI is InChI=1S/C76H50N2O/c1-3-17-51(18-4-1)58-49-70(75(57-20-5-2-6-21-57)71(50-58)56-39-47-62(48-40-56)78-72-30-12-9-24-66(72)67-25-10-13-31-73(67)78)55-37-45-61(46-38-55)77(59-41-33-53(34-42-59)64-27-15-22-52-19-7-8-23-63(52)64)60-43-35-54(36-44-60)65-28-16-29-69-68-26-11-14-32-74(68)79-76(65)69/h1-50H. The molecular formula is C76H50N2O. The summed E-state index contributed by atoms with van der Waals surface area (Å²) >= 11 is 0. The van der Waals surface area contributed by atoms with Gasteiger partial charge >= 0.3 is 0 Å². The minimum absolute atomic E-state index is 0.896. The van der Waals surface area contributed by atoms with Crippen LogP contribution in [0.2, 0.25) is 0 Å². The summed E-state index contributed by atoms with van der Waals surface area (Å²) in [5, 5.41) is 7.23. The average molecular weight is 1010 g/mol. The maximum absolute atomic E-state index is 6.51. The van der Waals surface area contributed by atoms with Crippen LogP contribution in [0.3, 0.4) is 0 Å². The van der Waals surface area contributed by atoms with E-state index in [0.717, 1.165) is 83.6 Å². The van der Waals surface area contributed by atoms with E-state index in [0.29, 0.717) is 0 Å². The second kappa shape index (κ2) is 19.3. The second-order valence-electron chi connectivity index (χ2n) is 20.4. The van der Waals surface area contributed by atoms with E-state index in [-0.39, 0.29) is 0 Å². The molecule has 13 aromatic carbocycles. The zero-order chi connectivity index (χ0) is 52.2. The van der Waals surface area contributed by atoms with Crippen LogP contribution in [-0.4, -0.2) is 4.57 Å². The number of aromatic nitrogens is 1. The molecule has 0 spiro atoms. The van der Waals surface area contributed by atoms with Crippen molar-refractivity contribution < 1.29 is 4.42 Å². The Balaban J connectivity index is 0.863. The maximum Gasteiger partial charge on any atom is 0.143 e. The molecule has 0 aliphatic rings. The second-order valence-corrected chi connectivity index (χ2v) is 20.4. The van der Waals surface area contributed by atoms with Crippen molar-refractivity contribution in [1.29, 1.82) is 0 Å². The summed E-state index contributed by atoms with van der Waals surface area (Å²) in [5.74, 6) is 0. The molecular weight excluding hydrogens is 957 g/mol. The van der Waals surface area contributed by atoms with Gasteiger partial charge in [0, 0.05) is 49.9 Å². The Bertz CT molecular complexity index is 4670. The van der Waals surface area contributed by atoms with Crippen LogP contribution in [0.25, 0.3) is 127 Å². The molecule has 0 fully saturated rings. The summed E-state index contributed by atoms with van der Waals surface area (Å²) in [5.41, 5.74) is 22.3. The van der Waals surface area contributed by atoms with Gasteiger partial charge in [-0.15, -0.1) is 0 Å². The Morgan fingerprint density at radius 1 is 0.266 bits per heavy atom. The molecule has 0 saturated carbocycles. The summed E-state index contributed by atoms with van der Waals surface area (Å²) in [6, 6.07) is 110. The van der Waals surface area contributed by atoms with Gasteiger partial charge in [0.25, 0.3) is 0 Å². The first-order valence-corrected chi connectivity index (χ1v) is 27.1. The van der Waals surface area contributed by atoms with Crippen LogP contribution in [0.5, 0.6) is 0 Å². The Morgan fingerprint density at radius 3 is 1.30 bits per heavy atom. The zero-order valence-electron chi connectivity index (χ0n) is 43.2. The molecule has 3 heteroatoms. The smallest absolute Gasteiger partial charge is 0.143 e. The van der Waals surface area contributed by atoms with Gasteiger partial charge in [-0.05, 0) is 151 Å². The van der Waals surface area contributed by atoms with Gasteiger partial charge in [-0.3, -0.25) is 0 Å². The van der Waals surface area contributed by atoms with Crippen molar-refractivity contribution in [2.45, 2.75) is 0 Å². The lowest BCUT2D eigenvalue weighted by atomic mass is 9.84. The van der Waals surface area contributed by atoms with E-state index in [1.165, 1.54) is 60.4 Å². The third kappa shape index (κ3) is 8.07. The van der Waals surface area contributed by atoms with Gasteiger partial charge in [0.15, 0.2) is 0 Å². The third-order valence-electron chi connectivity index (χ3n) is 15.8. The van der Waals surface area contributed by atoms with Crippen molar-refractivity contribution in [3.63, 3.8) is 0 Å². The average Bonchev–Trinajstić information content (AvgIpc) is 4.25. The highest BCUT2D eigenvalue weighted by atomic mass is 16.3. The fourth-order valence-electron chi connectivity index (χ4n) is 12.1. The summed E-state index contributed by atoms with van der Waals surface area (Å²) in [4.78, 5) is 2.37. The van der Waals surface area contributed by atoms with Gasteiger partial charge in [0.05, 0.1) is 11.0 Å². The highest BCUT2D eigenvalue weighted by Crippen LogP contribution is 2.46. The van der Waals surface area contributed by atoms with Gasteiger partial charge in [-0.25, -0.2) is 0 Å². The predicted molar refractivity (Wildman–Crippen MR) is 333 cm³/mol. The quantitative estimate of drug-likeness (QED) is 0.136. The Kier molecular flexibility index (Phi) is 11.2. The van der Waals surface area contributed by atoms with Crippen LogP contribution in [-0.2, 0) is 0 Å². The summed E-state index contributed by atoms with van der Waals surface area (Å²) in [7, 11) is 0. The normalized spacial score (nSPS) is 11.5. The molecule has 2 heterocycles. The Hall–Kier alpha value is -10.5. The number of para-hydroxylation sites is 4. The molecule has 0 atom stereocenters. The number of rotatable bonds is 10. The monoisotopic (exact) mass is 1010 g/mol. The molecule has 0 unspecified atom stereocenters. The van der Waals surface area contributed by atoms with Gasteiger partial charge in [-0.1, -0.05) is 224 Å². The molecule has 0 radical (unpaired) electrons. The SMILES string of the molecule is c1ccc(-c2cc(-c3ccc(N(c4ccc(-c5cccc6ccccc56)cc4)c4ccc(-c5cccc6c5oc5ccccc56)cc4)cc3)c(-c3ccccc3)c(-c3ccc(-n4c5ccccc5c5ccccc54)cc3)c2)cc1. The summed E-state index contributed by atoms with van der Waals surface area (Å²) in [6.45, 7) is 0. The Morgan fingerprint density at radius 2 is 0.696 bits per heavy atom. The minimum atomic E-state index is 0.896. The molecule has 79 heavy (non-hydrogen) atoms. The summed E-state index contributed by atoms with van der Waals surface area (Å²) in [6.07, 6.45) is 0. The molecule has 15 rings (SSSR count). The molecule has 370 valence electrons. The van der Waals surface area contributed by atoms with E-state index < -0.39 is 0 Å². The lowest BCUT2D eigenvalue weighted by molar-refractivity contribution is 0.670. The predicted octanol–water partition coefficient (Wildman–Crippen LogP) is 21.3. The van der Waals surface area contributed by atoms with Crippen LogP contribution in [0, 0.1) is 0 Å². The van der Waals surface area contributed by atoms with Crippen LogP contribution < -0.4 is 4.90 Å². The van der Waals surface area contributed by atoms with E-state index >= 15 is 0 Å². The number of anilines is 3. The van der Waals surface area contributed by atoms with Gasteiger partial charge in [0.1, 0.15) is 11.2 Å². The van der Waals surface area contributed by atoms with Crippen molar-refractivity contribution in [3.8, 4) is 72.4 Å². The van der Waals surface area contributed by atoms with Crippen molar-refractivity contribution in [2.24, 2.45) is 0 Å². The zero-order valence-corrected chi connectivity index (χ0v) is 43.2. The topological polar surface area (TPSA) is 21.3 Å². The highest BCUT2D eigenvalue weighted by Gasteiger charge is 2.21. The molecule has 0 saturated heterocycles. The maximum atomic E-state index is 6.51. The van der Waals surface area contributed by atoms with E-state index in [9.17, 15) is 0 Å². The van der Waals surface area contributed by atoms with E-state index in [1.54, 1.807) is 0 Å². The van der Waals surface area contributed by atoms with Crippen LogP contribution in [0.15, 0.2) is 308 Å². The van der Waals surface area contributed by atoms with E-state index in [2.05, 4.69) is 301 Å². The molecule has 15 aromatic rings.